The lowest BCUT2D eigenvalue weighted by molar-refractivity contribution is -0.139. The standard InChI is InChI=1S/C23H29F4N5O/c1-4-13-10-15-17(30-22(33-3)31-21(15)32-7-5-29-6-8-32)11-14(13)18-19(23(25,26)27)12(2)9-16(28)20(18)24/h9,13-14,29H,4-8,10-11,28H2,1-3H3. The molecule has 2 heterocycles. The van der Waals surface area contributed by atoms with Gasteiger partial charge in [-0.25, -0.2) is 4.39 Å². The maximum absolute atomic E-state index is 15.3. The molecular weight excluding hydrogens is 438 g/mol. The van der Waals surface area contributed by atoms with Crippen LogP contribution in [0.25, 0.3) is 0 Å². The summed E-state index contributed by atoms with van der Waals surface area (Å²) in [5.41, 5.74) is 5.70. The number of anilines is 2. The van der Waals surface area contributed by atoms with Crippen LogP contribution in [0, 0.1) is 18.7 Å². The molecule has 0 spiro atoms. The Morgan fingerprint density at radius 2 is 1.91 bits per heavy atom. The fourth-order valence-corrected chi connectivity index (χ4v) is 5.22. The number of alkyl halides is 3. The fraction of sp³-hybridized carbons (Fsp3) is 0.565. The molecule has 0 saturated carbocycles. The highest BCUT2D eigenvalue weighted by atomic mass is 19.4. The molecule has 3 N–H and O–H groups in total. The van der Waals surface area contributed by atoms with E-state index in [9.17, 15) is 13.2 Å². The van der Waals surface area contributed by atoms with Gasteiger partial charge in [0, 0.05) is 37.3 Å². The van der Waals surface area contributed by atoms with Crippen LogP contribution in [0.3, 0.4) is 0 Å². The summed E-state index contributed by atoms with van der Waals surface area (Å²) in [7, 11) is 1.46. The Hall–Kier alpha value is -2.62. The van der Waals surface area contributed by atoms with Crippen molar-refractivity contribution in [2.24, 2.45) is 5.92 Å². The Morgan fingerprint density at radius 3 is 2.52 bits per heavy atom. The number of piperazine rings is 1. The zero-order chi connectivity index (χ0) is 23.9. The number of nitrogens with two attached hydrogens (primary N) is 1. The van der Waals surface area contributed by atoms with Crippen molar-refractivity contribution in [3.63, 3.8) is 0 Å². The van der Waals surface area contributed by atoms with Crippen LogP contribution in [-0.2, 0) is 19.0 Å². The van der Waals surface area contributed by atoms with E-state index in [1.54, 1.807) is 0 Å². The zero-order valence-corrected chi connectivity index (χ0v) is 19.0. The SMILES string of the molecule is CCC1Cc2c(nc(OC)nc2N2CCNCC2)CC1c1c(F)c(N)cc(C)c1C(F)(F)F. The fourth-order valence-electron chi connectivity index (χ4n) is 5.22. The van der Waals surface area contributed by atoms with Gasteiger partial charge in [0.1, 0.15) is 11.6 Å². The number of halogens is 4. The molecule has 2 unspecified atom stereocenters. The minimum absolute atomic E-state index is 0.0705. The van der Waals surface area contributed by atoms with E-state index in [4.69, 9.17) is 10.5 Å². The van der Waals surface area contributed by atoms with E-state index in [2.05, 4.69) is 20.2 Å². The lowest BCUT2D eigenvalue weighted by Gasteiger charge is -2.37. The second-order valence-electron chi connectivity index (χ2n) is 8.76. The highest BCUT2D eigenvalue weighted by molar-refractivity contribution is 5.56. The van der Waals surface area contributed by atoms with E-state index < -0.39 is 23.5 Å². The molecule has 2 aliphatic rings. The van der Waals surface area contributed by atoms with Crippen molar-refractivity contribution in [3.8, 4) is 6.01 Å². The largest absolute Gasteiger partial charge is 0.467 e. The molecule has 0 bridgehead atoms. The van der Waals surface area contributed by atoms with Gasteiger partial charge >= 0.3 is 12.2 Å². The topological polar surface area (TPSA) is 76.3 Å². The summed E-state index contributed by atoms with van der Waals surface area (Å²) in [5, 5.41) is 3.30. The Balaban J connectivity index is 1.86. The predicted molar refractivity (Wildman–Crippen MR) is 118 cm³/mol. The number of methoxy groups -OCH3 is 1. The Kier molecular flexibility index (Phi) is 6.39. The molecule has 1 fully saturated rings. The van der Waals surface area contributed by atoms with Crippen LogP contribution in [0.5, 0.6) is 6.01 Å². The molecule has 0 amide bonds. The number of benzene rings is 1. The van der Waals surface area contributed by atoms with Crippen LogP contribution in [0.4, 0.5) is 29.1 Å². The molecule has 2 atom stereocenters. The third-order valence-electron chi connectivity index (χ3n) is 6.80. The molecule has 1 saturated heterocycles. The Morgan fingerprint density at radius 1 is 1.21 bits per heavy atom. The third kappa shape index (κ3) is 4.32. The van der Waals surface area contributed by atoms with Crippen molar-refractivity contribution in [1.82, 2.24) is 15.3 Å². The van der Waals surface area contributed by atoms with Crippen LogP contribution in [-0.4, -0.2) is 43.3 Å². The molecule has 1 aromatic carbocycles. The summed E-state index contributed by atoms with van der Waals surface area (Å²) >= 11 is 0. The first-order valence-electron chi connectivity index (χ1n) is 11.2. The minimum atomic E-state index is -4.69. The highest BCUT2D eigenvalue weighted by Crippen LogP contribution is 2.48. The van der Waals surface area contributed by atoms with Gasteiger partial charge in [0.05, 0.1) is 24.1 Å². The van der Waals surface area contributed by atoms with Gasteiger partial charge in [0.25, 0.3) is 0 Å². The number of rotatable bonds is 4. The molecule has 1 aliphatic heterocycles. The van der Waals surface area contributed by atoms with Crippen LogP contribution in [0.1, 0.15) is 47.2 Å². The molecule has 4 rings (SSSR count). The van der Waals surface area contributed by atoms with Crippen LogP contribution >= 0.6 is 0 Å². The number of nitrogens with zero attached hydrogens (tertiary/aromatic N) is 3. The van der Waals surface area contributed by atoms with E-state index in [0.717, 1.165) is 43.6 Å². The van der Waals surface area contributed by atoms with Crippen LogP contribution < -0.4 is 20.7 Å². The summed E-state index contributed by atoms with van der Waals surface area (Å²) in [5.74, 6) is -1.15. The highest BCUT2D eigenvalue weighted by Gasteiger charge is 2.43. The van der Waals surface area contributed by atoms with E-state index in [1.165, 1.54) is 14.0 Å². The number of nitrogens with one attached hydrogen (secondary N) is 1. The summed E-state index contributed by atoms with van der Waals surface area (Å²) < 4.78 is 62.8. The normalized spacial score (nSPS) is 21.1. The monoisotopic (exact) mass is 467 g/mol. The number of fused-ring (bicyclic) bond motifs is 1. The predicted octanol–water partition coefficient (Wildman–Crippen LogP) is 3.85. The van der Waals surface area contributed by atoms with Gasteiger partial charge in [0.15, 0.2) is 0 Å². The summed E-state index contributed by atoms with van der Waals surface area (Å²) in [6.07, 6.45) is -3.48. The number of hydrogen-bond acceptors (Lipinski definition) is 6. The van der Waals surface area contributed by atoms with E-state index >= 15 is 4.39 Å². The molecule has 6 nitrogen and oxygen atoms in total. The van der Waals surface area contributed by atoms with Gasteiger partial charge in [-0.05, 0) is 43.2 Å². The molecule has 0 radical (unpaired) electrons. The van der Waals surface area contributed by atoms with Gasteiger partial charge in [-0.2, -0.15) is 23.1 Å². The number of aromatic nitrogens is 2. The summed E-state index contributed by atoms with van der Waals surface area (Å²) in [6, 6.07) is 1.23. The molecular formula is C23H29F4N5O. The van der Waals surface area contributed by atoms with Gasteiger partial charge in [-0.15, -0.1) is 0 Å². The van der Waals surface area contributed by atoms with E-state index in [0.29, 0.717) is 18.5 Å². The minimum Gasteiger partial charge on any atom is -0.467 e. The lowest BCUT2D eigenvalue weighted by atomic mass is 9.71. The maximum atomic E-state index is 15.3. The Bertz CT molecular complexity index is 1040. The van der Waals surface area contributed by atoms with Crippen molar-refractivity contribution < 1.29 is 22.3 Å². The number of ether oxygens (including phenoxy) is 1. The molecule has 2 aromatic rings. The average molecular weight is 468 g/mol. The number of hydrogen-bond donors (Lipinski definition) is 2. The summed E-state index contributed by atoms with van der Waals surface area (Å²) in [6.45, 7) is 6.38. The van der Waals surface area contributed by atoms with Crippen molar-refractivity contribution >= 4 is 11.5 Å². The molecule has 180 valence electrons. The van der Waals surface area contributed by atoms with Crippen molar-refractivity contribution in [2.75, 3.05) is 43.9 Å². The van der Waals surface area contributed by atoms with E-state index in [-0.39, 0.29) is 35.2 Å². The van der Waals surface area contributed by atoms with Gasteiger partial charge < -0.3 is 20.7 Å². The maximum Gasteiger partial charge on any atom is 0.417 e. The first kappa shape index (κ1) is 23.5. The second kappa shape index (κ2) is 8.96. The van der Waals surface area contributed by atoms with Crippen molar-refractivity contribution in [3.05, 3.63) is 39.8 Å². The number of aryl methyl sites for hydroxylation is 1. The zero-order valence-electron chi connectivity index (χ0n) is 19.0. The third-order valence-corrected chi connectivity index (χ3v) is 6.80. The van der Waals surface area contributed by atoms with E-state index in [1.807, 2.05) is 6.92 Å². The van der Waals surface area contributed by atoms with Crippen LogP contribution in [0.15, 0.2) is 6.07 Å². The molecule has 1 aromatic heterocycles. The smallest absolute Gasteiger partial charge is 0.417 e. The number of nitrogen functional groups attached to an aromatic ring is 1. The van der Waals surface area contributed by atoms with Crippen molar-refractivity contribution in [1.29, 1.82) is 0 Å². The second-order valence-corrected chi connectivity index (χ2v) is 8.76. The molecule has 1 aliphatic carbocycles. The first-order chi connectivity index (χ1) is 15.7. The average Bonchev–Trinajstić information content (AvgIpc) is 2.79. The molecule has 10 heteroatoms. The lowest BCUT2D eigenvalue weighted by Crippen LogP contribution is -2.45. The van der Waals surface area contributed by atoms with Gasteiger partial charge in [-0.3, -0.25) is 0 Å². The van der Waals surface area contributed by atoms with Gasteiger partial charge in [-0.1, -0.05) is 13.3 Å². The van der Waals surface area contributed by atoms with Gasteiger partial charge in [0.2, 0.25) is 0 Å². The first-order valence-corrected chi connectivity index (χ1v) is 11.2. The molecule has 33 heavy (non-hydrogen) atoms. The summed E-state index contributed by atoms with van der Waals surface area (Å²) in [4.78, 5) is 11.2. The Labute approximate surface area is 190 Å². The van der Waals surface area contributed by atoms with Crippen LogP contribution in [0.2, 0.25) is 0 Å². The quantitative estimate of drug-likeness (QED) is 0.526. The van der Waals surface area contributed by atoms with Crippen molar-refractivity contribution in [2.45, 2.75) is 45.2 Å².